The summed E-state index contributed by atoms with van der Waals surface area (Å²) in [6.07, 6.45) is 2.55. The predicted molar refractivity (Wildman–Crippen MR) is 60.8 cm³/mol. The monoisotopic (exact) mass is 237 g/mol. The largest absolute Gasteiger partial charge is 0.392 e. The van der Waals surface area contributed by atoms with Crippen LogP contribution >= 0.6 is 0 Å². The first-order chi connectivity index (χ1) is 8.09. The van der Waals surface area contributed by atoms with Gasteiger partial charge in [-0.25, -0.2) is 0 Å². The molecule has 0 aliphatic carbocycles. The van der Waals surface area contributed by atoms with Gasteiger partial charge in [-0.05, 0) is 18.6 Å². The number of hydrogen-bond donors (Lipinski definition) is 3. The van der Waals surface area contributed by atoms with Crippen LogP contribution in [-0.4, -0.2) is 34.6 Å². The number of carbonyl (C=O) groups is 2. The van der Waals surface area contributed by atoms with E-state index in [4.69, 9.17) is 5.11 Å². The molecule has 0 aliphatic heterocycles. The standard InChI is InChI=1S/C11H15N3O3/c1-8(15)5-13-10(16)11(17)14-7-9-3-2-4-12-6-9/h2-4,6,8,15H,5,7H2,1H3,(H,13,16)(H,14,17). The molecule has 1 rings (SSSR count). The van der Waals surface area contributed by atoms with Crippen LogP contribution in [0.3, 0.4) is 0 Å². The van der Waals surface area contributed by atoms with Gasteiger partial charge in [0.15, 0.2) is 0 Å². The Hall–Kier alpha value is -1.95. The van der Waals surface area contributed by atoms with Crippen LogP contribution in [0, 0.1) is 0 Å². The van der Waals surface area contributed by atoms with Gasteiger partial charge in [0, 0.05) is 25.5 Å². The first kappa shape index (κ1) is 13.1. The smallest absolute Gasteiger partial charge is 0.309 e. The third kappa shape index (κ3) is 5.07. The van der Waals surface area contributed by atoms with Crippen LogP contribution in [0.1, 0.15) is 12.5 Å². The van der Waals surface area contributed by atoms with Gasteiger partial charge in [0.25, 0.3) is 0 Å². The van der Waals surface area contributed by atoms with Gasteiger partial charge < -0.3 is 15.7 Å². The van der Waals surface area contributed by atoms with E-state index in [0.29, 0.717) is 0 Å². The molecule has 0 aliphatic rings. The fourth-order valence-corrected chi connectivity index (χ4v) is 1.09. The minimum Gasteiger partial charge on any atom is -0.392 e. The van der Waals surface area contributed by atoms with Gasteiger partial charge in [-0.2, -0.15) is 0 Å². The van der Waals surface area contributed by atoms with Crippen molar-refractivity contribution in [1.82, 2.24) is 15.6 Å². The molecule has 6 nitrogen and oxygen atoms in total. The van der Waals surface area contributed by atoms with E-state index in [2.05, 4.69) is 15.6 Å². The second-order valence-corrected chi connectivity index (χ2v) is 3.60. The molecule has 2 amide bonds. The molecule has 1 atom stereocenters. The molecule has 0 bridgehead atoms. The molecule has 1 unspecified atom stereocenters. The third-order valence-corrected chi connectivity index (χ3v) is 1.94. The Labute approximate surface area is 99.1 Å². The first-order valence-electron chi connectivity index (χ1n) is 5.22. The summed E-state index contributed by atoms with van der Waals surface area (Å²) >= 11 is 0. The highest BCUT2D eigenvalue weighted by Crippen LogP contribution is 1.93. The number of nitrogens with one attached hydrogen (secondary N) is 2. The van der Waals surface area contributed by atoms with Crippen LogP contribution in [0.4, 0.5) is 0 Å². The minimum absolute atomic E-state index is 0.0547. The van der Waals surface area contributed by atoms with Crippen molar-refractivity contribution < 1.29 is 14.7 Å². The summed E-state index contributed by atoms with van der Waals surface area (Å²) in [6, 6.07) is 3.54. The lowest BCUT2D eigenvalue weighted by molar-refractivity contribution is -0.139. The highest BCUT2D eigenvalue weighted by atomic mass is 16.3. The van der Waals surface area contributed by atoms with Crippen molar-refractivity contribution >= 4 is 11.8 Å². The molecule has 0 saturated carbocycles. The van der Waals surface area contributed by atoms with Crippen molar-refractivity contribution in [2.45, 2.75) is 19.6 Å². The topological polar surface area (TPSA) is 91.3 Å². The Kier molecular flexibility index (Phi) is 5.09. The maximum absolute atomic E-state index is 11.3. The fourth-order valence-electron chi connectivity index (χ4n) is 1.09. The Bertz CT molecular complexity index is 379. The molecular formula is C11H15N3O3. The summed E-state index contributed by atoms with van der Waals surface area (Å²) in [5, 5.41) is 13.7. The van der Waals surface area contributed by atoms with Crippen LogP contribution < -0.4 is 10.6 Å². The molecule has 0 fully saturated rings. The average Bonchev–Trinajstić information content (AvgIpc) is 2.34. The summed E-state index contributed by atoms with van der Waals surface area (Å²) < 4.78 is 0. The first-order valence-corrected chi connectivity index (χ1v) is 5.22. The number of carbonyl (C=O) groups excluding carboxylic acids is 2. The van der Waals surface area contributed by atoms with Crippen molar-refractivity contribution in [2.75, 3.05) is 6.54 Å². The lowest BCUT2D eigenvalue weighted by Crippen LogP contribution is -2.42. The lowest BCUT2D eigenvalue weighted by Gasteiger charge is -2.07. The van der Waals surface area contributed by atoms with E-state index in [0.717, 1.165) is 5.56 Å². The lowest BCUT2D eigenvalue weighted by atomic mass is 10.3. The maximum Gasteiger partial charge on any atom is 0.309 e. The van der Waals surface area contributed by atoms with E-state index in [-0.39, 0.29) is 13.1 Å². The van der Waals surface area contributed by atoms with Crippen LogP contribution in [0.2, 0.25) is 0 Å². The summed E-state index contributed by atoms with van der Waals surface area (Å²) in [7, 11) is 0. The Morgan fingerprint density at radius 3 is 2.71 bits per heavy atom. The summed E-state index contributed by atoms with van der Waals surface area (Å²) in [6.45, 7) is 1.82. The molecule has 92 valence electrons. The van der Waals surface area contributed by atoms with Gasteiger partial charge in [0.05, 0.1) is 6.10 Å². The van der Waals surface area contributed by atoms with Crippen LogP contribution in [0.5, 0.6) is 0 Å². The van der Waals surface area contributed by atoms with Gasteiger partial charge >= 0.3 is 11.8 Å². The van der Waals surface area contributed by atoms with Crippen LogP contribution in [-0.2, 0) is 16.1 Å². The van der Waals surface area contributed by atoms with Gasteiger partial charge in [-0.15, -0.1) is 0 Å². The number of aliphatic hydroxyl groups is 1. The number of hydrogen-bond acceptors (Lipinski definition) is 4. The van der Waals surface area contributed by atoms with Crippen molar-refractivity contribution in [1.29, 1.82) is 0 Å². The van der Waals surface area contributed by atoms with E-state index in [1.807, 2.05) is 0 Å². The van der Waals surface area contributed by atoms with E-state index in [1.54, 1.807) is 24.5 Å². The normalized spacial score (nSPS) is 11.6. The molecule has 6 heteroatoms. The highest BCUT2D eigenvalue weighted by molar-refractivity contribution is 6.35. The van der Waals surface area contributed by atoms with E-state index < -0.39 is 17.9 Å². The molecular weight excluding hydrogens is 222 g/mol. The number of amides is 2. The SMILES string of the molecule is CC(O)CNC(=O)C(=O)NCc1cccnc1. The fraction of sp³-hybridized carbons (Fsp3) is 0.364. The average molecular weight is 237 g/mol. The molecule has 1 aromatic rings. The van der Waals surface area contributed by atoms with E-state index in [1.165, 1.54) is 6.92 Å². The zero-order valence-electron chi connectivity index (χ0n) is 9.51. The maximum atomic E-state index is 11.3. The van der Waals surface area contributed by atoms with Crippen molar-refractivity contribution in [3.8, 4) is 0 Å². The van der Waals surface area contributed by atoms with Crippen LogP contribution in [0.15, 0.2) is 24.5 Å². The van der Waals surface area contributed by atoms with Crippen molar-refractivity contribution in [2.24, 2.45) is 0 Å². The number of aromatic nitrogens is 1. The summed E-state index contributed by atoms with van der Waals surface area (Å²) in [5.41, 5.74) is 0.809. The molecule has 0 aromatic carbocycles. The molecule has 17 heavy (non-hydrogen) atoms. The van der Waals surface area contributed by atoms with Gasteiger partial charge in [-0.1, -0.05) is 6.07 Å². The molecule has 0 spiro atoms. The Morgan fingerprint density at radius 1 is 1.41 bits per heavy atom. The molecule has 0 radical (unpaired) electrons. The van der Waals surface area contributed by atoms with Crippen molar-refractivity contribution in [3.05, 3.63) is 30.1 Å². The zero-order chi connectivity index (χ0) is 12.7. The molecule has 3 N–H and O–H groups in total. The number of pyridine rings is 1. The number of aliphatic hydroxyl groups excluding tert-OH is 1. The second-order valence-electron chi connectivity index (χ2n) is 3.60. The summed E-state index contributed by atoms with van der Waals surface area (Å²) in [4.78, 5) is 26.4. The second kappa shape index (κ2) is 6.59. The highest BCUT2D eigenvalue weighted by Gasteiger charge is 2.12. The van der Waals surface area contributed by atoms with E-state index >= 15 is 0 Å². The third-order valence-electron chi connectivity index (χ3n) is 1.94. The summed E-state index contributed by atoms with van der Waals surface area (Å²) in [5.74, 6) is -1.48. The van der Waals surface area contributed by atoms with E-state index in [9.17, 15) is 9.59 Å². The zero-order valence-corrected chi connectivity index (χ0v) is 9.51. The van der Waals surface area contributed by atoms with Gasteiger partial charge in [-0.3, -0.25) is 14.6 Å². The quantitative estimate of drug-likeness (QED) is 0.598. The molecule has 1 heterocycles. The minimum atomic E-state index is -0.755. The molecule has 0 saturated heterocycles. The Morgan fingerprint density at radius 2 is 2.12 bits per heavy atom. The number of rotatable bonds is 4. The van der Waals surface area contributed by atoms with Gasteiger partial charge in [0.1, 0.15) is 0 Å². The van der Waals surface area contributed by atoms with Gasteiger partial charge in [0.2, 0.25) is 0 Å². The van der Waals surface area contributed by atoms with Crippen LogP contribution in [0.25, 0.3) is 0 Å². The van der Waals surface area contributed by atoms with Crippen molar-refractivity contribution in [3.63, 3.8) is 0 Å². The number of nitrogens with zero attached hydrogens (tertiary/aromatic N) is 1. The molecule has 1 aromatic heterocycles. The predicted octanol–water partition coefficient (Wildman–Crippen LogP) is -0.805. The Balaban J connectivity index is 2.32.